The summed E-state index contributed by atoms with van der Waals surface area (Å²) in [5.74, 6) is -3.18. The number of rotatable bonds is 1. The summed E-state index contributed by atoms with van der Waals surface area (Å²) >= 11 is 1.33. The van der Waals surface area contributed by atoms with Gasteiger partial charge in [0.1, 0.15) is 0 Å². The molecule has 82 valence electrons. The highest BCUT2D eigenvalue weighted by atomic mass is 32.1. The molecule has 2 heterocycles. The van der Waals surface area contributed by atoms with Crippen LogP contribution in [-0.2, 0) is 4.84 Å². The zero-order valence-corrected chi connectivity index (χ0v) is 8.10. The Balaban J connectivity index is 2.18. The molecular formula is C8H6F3NO2S. The topological polar surface area (TPSA) is 41.8 Å². The van der Waals surface area contributed by atoms with Gasteiger partial charge in [-0.3, -0.25) is 0 Å². The minimum absolute atomic E-state index is 0.107. The molecule has 0 bridgehead atoms. The SMILES string of the molecule is OC1(C(F)(F)F)CC(c2ccsc2)=NO1. The average Bonchev–Trinajstić information content (AvgIpc) is 2.70. The first-order valence-corrected chi connectivity index (χ1v) is 4.93. The number of hydrogen-bond acceptors (Lipinski definition) is 4. The van der Waals surface area contributed by atoms with E-state index in [1.165, 1.54) is 11.3 Å². The summed E-state index contributed by atoms with van der Waals surface area (Å²) in [4.78, 5) is 4.06. The highest BCUT2D eigenvalue weighted by Gasteiger charge is 2.60. The quantitative estimate of drug-likeness (QED) is 0.812. The fourth-order valence-corrected chi connectivity index (χ4v) is 1.82. The molecule has 0 aliphatic carbocycles. The van der Waals surface area contributed by atoms with Crippen LogP contribution in [0.2, 0.25) is 0 Å². The van der Waals surface area contributed by atoms with Crippen molar-refractivity contribution in [2.45, 2.75) is 18.4 Å². The molecule has 1 aromatic heterocycles. The van der Waals surface area contributed by atoms with E-state index in [4.69, 9.17) is 5.11 Å². The third kappa shape index (κ3) is 1.72. The van der Waals surface area contributed by atoms with Gasteiger partial charge in [-0.1, -0.05) is 5.16 Å². The Labute approximate surface area is 86.8 Å². The van der Waals surface area contributed by atoms with Gasteiger partial charge >= 0.3 is 12.0 Å². The molecule has 2 rings (SSSR count). The van der Waals surface area contributed by atoms with Crippen molar-refractivity contribution in [3.8, 4) is 0 Å². The molecule has 1 aliphatic rings. The number of halogens is 3. The zero-order chi connectivity index (χ0) is 11.1. The lowest BCUT2D eigenvalue weighted by molar-refractivity contribution is -0.355. The van der Waals surface area contributed by atoms with E-state index in [0.29, 0.717) is 5.56 Å². The molecule has 1 aromatic rings. The zero-order valence-electron chi connectivity index (χ0n) is 7.28. The van der Waals surface area contributed by atoms with Crippen LogP contribution in [0, 0.1) is 0 Å². The molecule has 0 radical (unpaired) electrons. The van der Waals surface area contributed by atoms with Crippen molar-refractivity contribution < 1.29 is 23.1 Å². The minimum Gasteiger partial charge on any atom is -0.350 e. The van der Waals surface area contributed by atoms with Gasteiger partial charge in [0.2, 0.25) is 0 Å². The van der Waals surface area contributed by atoms with E-state index >= 15 is 0 Å². The van der Waals surface area contributed by atoms with Gasteiger partial charge < -0.3 is 9.94 Å². The molecule has 1 aliphatic heterocycles. The van der Waals surface area contributed by atoms with Crippen molar-refractivity contribution in [1.82, 2.24) is 0 Å². The van der Waals surface area contributed by atoms with Crippen molar-refractivity contribution in [3.63, 3.8) is 0 Å². The van der Waals surface area contributed by atoms with E-state index in [1.54, 1.807) is 16.8 Å². The largest absolute Gasteiger partial charge is 0.458 e. The molecule has 0 amide bonds. The molecule has 1 atom stereocenters. The van der Waals surface area contributed by atoms with Crippen molar-refractivity contribution >= 4 is 17.0 Å². The van der Waals surface area contributed by atoms with E-state index in [2.05, 4.69) is 9.99 Å². The second kappa shape index (κ2) is 3.21. The van der Waals surface area contributed by atoms with Gasteiger partial charge in [-0.05, 0) is 16.8 Å². The van der Waals surface area contributed by atoms with Crippen LogP contribution >= 0.6 is 11.3 Å². The molecule has 0 saturated heterocycles. The molecule has 0 saturated carbocycles. The van der Waals surface area contributed by atoms with Gasteiger partial charge in [0, 0.05) is 5.56 Å². The minimum atomic E-state index is -4.84. The first kappa shape index (κ1) is 10.4. The number of hydrogen-bond donors (Lipinski definition) is 1. The normalized spacial score (nSPS) is 26.3. The van der Waals surface area contributed by atoms with Gasteiger partial charge in [-0.2, -0.15) is 24.5 Å². The Morgan fingerprint density at radius 3 is 2.73 bits per heavy atom. The van der Waals surface area contributed by atoms with Crippen LogP contribution in [0.25, 0.3) is 0 Å². The van der Waals surface area contributed by atoms with Crippen molar-refractivity contribution in [2.75, 3.05) is 0 Å². The summed E-state index contributed by atoms with van der Waals surface area (Å²) in [6.45, 7) is 0. The Morgan fingerprint density at radius 1 is 1.53 bits per heavy atom. The summed E-state index contributed by atoms with van der Waals surface area (Å²) in [6, 6.07) is 1.62. The highest BCUT2D eigenvalue weighted by molar-refractivity contribution is 7.08. The second-order valence-corrected chi connectivity index (χ2v) is 3.88. The van der Waals surface area contributed by atoms with E-state index in [0.717, 1.165) is 0 Å². The molecular weight excluding hydrogens is 231 g/mol. The Hall–Kier alpha value is -1.08. The van der Waals surface area contributed by atoms with Crippen LogP contribution in [-0.4, -0.2) is 22.8 Å². The van der Waals surface area contributed by atoms with Crippen LogP contribution < -0.4 is 0 Å². The fraction of sp³-hybridized carbons (Fsp3) is 0.375. The van der Waals surface area contributed by atoms with E-state index in [1.807, 2.05) is 0 Å². The maximum absolute atomic E-state index is 12.3. The average molecular weight is 237 g/mol. The lowest BCUT2D eigenvalue weighted by atomic mass is 10.1. The first-order chi connectivity index (χ1) is 6.92. The second-order valence-electron chi connectivity index (χ2n) is 3.10. The standard InChI is InChI=1S/C8H6F3NO2S/c9-8(10,11)7(13)3-6(12-14-7)5-1-2-15-4-5/h1-2,4,13H,3H2. The number of aliphatic hydroxyl groups is 1. The van der Waals surface area contributed by atoms with Crippen molar-refractivity contribution in [2.24, 2.45) is 5.16 Å². The Kier molecular flexibility index (Phi) is 2.23. The summed E-state index contributed by atoms with van der Waals surface area (Å²) in [6.07, 6.45) is -5.51. The van der Waals surface area contributed by atoms with Crippen LogP contribution in [0.1, 0.15) is 12.0 Å². The van der Waals surface area contributed by atoms with Gasteiger partial charge in [0.25, 0.3) is 0 Å². The van der Waals surface area contributed by atoms with Crippen molar-refractivity contribution in [1.29, 1.82) is 0 Å². The van der Waals surface area contributed by atoms with Gasteiger partial charge in [0.15, 0.2) is 0 Å². The third-order valence-corrected chi connectivity index (χ3v) is 2.69. The lowest BCUT2D eigenvalue weighted by Gasteiger charge is -2.22. The molecule has 0 spiro atoms. The summed E-state index contributed by atoms with van der Waals surface area (Å²) in [5, 5.41) is 15.7. The van der Waals surface area contributed by atoms with E-state index < -0.39 is 18.4 Å². The molecule has 3 nitrogen and oxygen atoms in total. The lowest BCUT2D eigenvalue weighted by Crippen LogP contribution is -2.45. The van der Waals surface area contributed by atoms with E-state index in [-0.39, 0.29) is 5.71 Å². The van der Waals surface area contributed by atoms with Crippen LogP contribution in [0.15, 0.2) is 22.0 Å². The monoisotopic (exact) mass is 237 g/mol. The molecule has 0 aromatic carbocycles. The summed E-state index contributed by atoms with van der Waals surface area (Å²) in [7, 11) is 0. The highest BCUT2D eigenvalue weighted by Crippen LogP contribution is 2.39. The predicted octanol–water partition coefficient (Wildman–Crippen LogP) is 2.12. The van der Waals surface area contributed by atoms with E-state index in [9.17, 15) is 13.2 Å². The fourth-order valence-electron chi connectivity index (χ4n) is 1.16. The van der Waals surface area contributed by atoms with Crippen LogP contribution in [0.4, 0.5) is 13.2 Å². The number of alkyl halides is 3. The van der Waals surface area contributed by atoms with Crippen LogP contribution in [0.5, 0.6) is 0 Å². The molecule has 1 unspecified atom stereocenters. The number of thiophene rings is 1. The maximum atomic E-state index is 12.3. The van der Waals surface area contributed by atoms with Gasteiger partial charge in [0.05, 0.1) is 12.1 Å². The maximum Gasteiger partial charge on any atom is 0.458 e. The van der Waals surface area contributed by atoms with Crippen LogP contribution in [0.3, 0.4) is 0 Å². The molecule has 0 fully saturated rings. The Morgan fingerprint density at radius 2 is 2.27 bits per heavy atom. The number of oxime groups is 1. The molecule has 1 N–H and O–H groups in total. The molecule has 7 heteroatoms. The predicted molar refractivity (Wildman–Crippen MR) is 47.6 cm³/mol. The van der Waals surface area contributed by atoms with Gasteiger partial charge in [-0.15, -0.1) is 0 Å². The molecule has 15 heavy (non-hydrogen) atoms. The summed E-state index contributed by atoms with van der Waals surface area (Å²) in [5.41, 5.74) is 0.649. The van der Waals surface area contributed by atoms with Crippen molar-refractivity contribution in [3.05, 3.63) is 22.4 Å². The first-order valence-electron chi connectivity index (χ1n) is 3.99. The summed E-state index contributed by atoms with van der Waals surface area (Å²) < 4.78 is 36.9. The third-order valence-electron chi connectivity index (χ3n) is 2.01. The van der Waals surface area contributed by atoms with Gasteiger partial charge in [-0.25, -0.2) is 0 Å². The smallest absolute Gasteiger partial charge is 0.350 e. The number of nitrogens with zero attached hydrogens (tertiary/aromatic N) is 1. The Bertz CT molecular complexity index is 387.